The van der Waals surface area contributed by atoms with Crippen LogP contribution < -0.4 is 10.6 Å². The van der Waals surface area contributed by atoms with Crippen molar-refractivity contribution in [2.45, 2.75) is 53.5 Å². The first kappa shape index (κ1) is 15.0. The summed E-state index contributed by atoms with van der Waals surface area (Å²) in [7, 11) is 0. The Morgan fingerprint density at radius 1 is 1.28 bits per heavy atom. The fraction of sp³-hybridized carbons (Fsp3) is 0.846. The minimum absolute atomic E-state index is 0.104. The zero-order chi connectivity index (χ0) is 13.6. The van der Waals surface area contributed by atoms with Gasteiger partial charge in [0.15, 0.2) is 0 Å². The summed E-state index contributed by atoms with van der Waals surface area (Å²) < 4.78 is 5.59. The van der Waals surface area contributed by atoms with E-state index in [2.05, 4.69) is 48.5 Å². The molecule has 5 nitrogen and oxygen atoms in total. The van der Waals surface area contributed by atoms with Gasteiger partial charge in [-0.2, -0.15) is 0 Å². The summed E-state index contributed by atoms with van der Waals surface area (Å²) >= 11 is 0. The topological polar surface area (TPSA) is 63.0 Å². The van der Waals surface area contributed by atoms with Crippen LogP contribution in [0.2, 0.25) is 0 Å². The average Bonchev–Trinajstić information content (AvgIpc) is 2.82. The van der Waals surface area contributed by atoms with Gasteiger partial charge in [0.05, 0.1) is 6.04 Å². The molecule has 0 amide bonds. The highest BCUT2D eigenvalue weighted by atomic mass is 16.4. The van der Waals surface area contributed by atoms with Crippen molar-refractivity contribution in [2.75, 3.05) is 18.4 Å². The molecule has 18 heavy (non-hydrogen) atoms. The predicted molar refractivity (Wildman–Crippen MR) is 73.6 cm³/mol. The molecule has 0 aliphatic carbocycles. The molecule has 1 aromatic heterocycles. The van der Waals surface area contributed by atoms with E-state index in [1.165, 1.54) is 0 Å². The maximum absolute atomic E-state index is 5.59. The van der Waals surface area contributed by atoms with E-state index in [4.69, 9.17) is 4.42 Å². The fourth-order valence-corrected chi connectivity index (χ4v) is 1.37. The van der Waals surface area contributed by atoms with Crippen molar-refractivity contribution in [3.63, 3.8) is 0 Å². The van der Waals surface area contributed by atoms with E-state index in [1.807, 2.05) is 6.92 Å². The van der Waals surface area contributed by atoms with Crippen LogP contribution in [0.15, 0.2) is 4.42 Å². The van der Waals surface area contributed by atoms with Crippen molar-refractivity contribution >= 4 is 6.01 Å². The van der Waals surface area contributed by atoms with Crippen LogP contribution in [0.5, 0.6) is 0 Å². The van der Waals surface area contributed by atoms with Gasteiger partial charge in [-0.25, -0.2) is 0 Å². The molecule has 104 valence electrons. The highest BCUT2D eigenvalue weighted by Gasteiger charge is 2.17. The Morgan fingerprint density at radius 2 is 2.00 bits per heavy atom. The molecule has 1 aromatic rings. The molecule has 0 fully saturated rings. The molecule has 0 aliphatic rings. The lowest BCUT2D eigenvalue weighted by molar-refractivity contribution is 0.368. The zero-order valence-electron chi connectivity index (χ0n) is 12.2. The van der Waals surface area contributed by atoms with Gasteiger partial charge in [0.2, 0.25) is 5.89 Å². The van der Waals surface area contributed by atoms with E-state index in [9.17, 15) is 0 Å². The quantitative estimate of drug-likeness (QED) is 0.746. The summed E-state index contributed by atoms with van der Waals surface area (Å²) in [5.74, 6) is 0.639. The largest absolute Gasteiger partial charge is 0.406 e. The van der Waals surface area contributed by atoms with Gasteiger partial charge in [-0.05, 0) is 31.7 Å². The molecular weight excluding hydrogens is 228 g/mol. The first-order valence-electron chi connectivity index (χ1n) is 6.79. The van der Waals surface area contributed by atoms with Gasteiger partial charge in [0.25, 0.3) is 0 Å². The van der Waals surface area contributed by atoms with Crippen LogP contribution in [0.4, 0.5) is 6.01 Å². The second-order valence-corrected chi connectivity index (χ2v) is 5.49. The third-order valence-electron chi connectivity index (χ3n) is 3.19. The zero-order valence-corrected chi connectivity index (χ0v) is 12.2. The monoisotopic (exact) mass is 254 g/mol. The maximum Gasteiger partial charge on any atom is 0.315 e. The molecule has 1 rings (SSSR count). The first-order chi connectivity index (χ1) is 8.48. The summed E-state index contributed by atoms with van der Waals surface area (Å²) in [6, 6.07) is 0.615. The van der Waals surface area contributed by atoms with Gasteiger partial charge in [0.1, 0.15) is 0 Å². The van der Waals surface area contributed by atoms with E-state index in [-0.39, 0.29) is 11.5 Å². The smallest absolute Gasteiger partial charge is 0.315 e. The Bertz CT molecular complexity index is 349. The highest BCUT2D eigenvalue weighted by molar-refractivity contribution is 5.18. The van der Waals surface area contributed by atoms with Crippen LogP contribution in [0, 0.1) is 5.41 Å². The lowest BCUT2D eigenvalue weighted by Gasteiger charge is -2.21. The highest BCUT2D eigenvalue weighted by Crippen LogP contribution is 2.21. The van der Waals surface area contributed by atoms with E-state index < -0.39 is 0 Å². The van der Waals surface area contributed by atoms with Gasteiger partial charge < -0.3 is 15.1 Å². The summed E-state index contributed by atoms with van der Waals surface area (Å²) in [6.07, 6.45) is 2.20. The third kappa shape index (κ3) is 4.64. The van der Waals surface area contributed by atoms with Gasteiger partial charge in [-0.1, -0.05) is 32.8 Å². The van der Waals surface area contributed by atoms with Crippen molar-refractivity contribution in [3.8, 4) is 0 Å². The van der Waals surface area contributed by atoms with Gasteiger partial charge in [-0.3, -0.25) is 0 Å². The van der Waals surface area contributed by atoms with Crippen LogP contribution in [0.3, 0.4) is 0 Å². The second-order valence-electron chi connectivity index (χ2n) is 5.49. The molecule has 1 unspecified atom stereocenters. The first-order valence-corrected chi connectivity index (χ1v) is 6.79. The second kappa shape index (κ2) is 6.73. The number of nitrogens with zero attached hydrogens (tertiary/aromatic N) is 2. The van der Waals surface area contributed by atoms with E-state index >= 15 is 0 Å². The average molecular weight is 254 g/mol. The van der Waals surface area contributed by atoms with Crippen molar-refractivity contribution in [1.82, 2.24) is 15.5 Å². The SMILES string of the molecule is CCCNC(C)c1nnc(NCC(C)(C)CC)o1. The Balaban J connectivity index is 2.48. The molecule has 1 atom stereocenters. The summed E-state index contributed by atoms with van der Waals surface area (Å²) in [5.41, 5.74) is 0.237. The van der Waals surface area contributed by atoms with Gasteiger partial charge in [-0.15, -0.1) is 5.10 Å². The molecule has 0 radical (unpaired) electrons. The Labute approximate surface area is 110 Å². The summed E-state index contributed by atoms with van der Waals surface area (Å²) in [6.45, 7) is 12.6. The van der Waals surface area contributed by atoms with Crippen LogP contribution >= 0.6 is 0 Å². The van der Waals surface area contributed by atoms with Crippen LogP contribution in [-0.4, -0.2) is 23.3 Å². The molecule has 5 heteroatoms. The molecule has 0 aliphatic heterocycles. The van der Waals surface area contributed by atoms with Crippen LogP contribution in [-0.2, 0) is 0 Å². The molecule has 0 spiro atoms. The minimum atomic E-state index is 0.104. The molecule has 0 saturated carbocycles. The maximum atomic E-state index is 5.59. The Kier molecular flexibility index (Phi) is 5.59. The number of aromatic nitrogens is 2. The number of rotatable bonds is 8. The lowest BCUT2D eigenvalue weighted by atomic mass is 9.90. The molecule has 0 saturated heterocycles. The Hall–Kier alpha value is -1.10. The van der Waals surface area contributed by atoms with Crippen molar-refractivity contribution < 1.29 is 4.42 Å². The van der Waals surface area contributed by atoms with Crippen LogP contribution in [0.1, 0.15) is 59.4 Å². The number of hydrogen-bond donors (Lipinski definition) is 2. The lowest BCUT2D eigenvalue weighted by Crippen LogP contribution is -2.22. The number of hydrogen-bond acceptors (Lipinski definition) is 5. The normalized spacial score (nSPS) is 13.6. The number of nitrogens with one attached hydrogen (secondary N) is 2. The predicted octanol–water partition coefficient (Wildman–Crippen LogP) is 2.98. The molecule has 0 bridgehead atoms. The van der Waals surface area contributed by atoms with Crippen LogP contribution in [0.25, 0.3) is 0 Å². The van der Waals surface area contributed by atoms with E-state index in [0.717, 1.165) is 25.9 Å². The molecule has 2 N–H and O–H groups in total. The molecule has 1 heterocycles. The minimum Gasteiger partial charge on any atom is -0.406 e. The van der Waals surface area contributed by atoms with Crippen molar-refractivity contribution in [3.05, 3.63) is 5.89 Å². The van der Waals surface area contributed by atoms with Crippen molar-refractivity contribution in [2.24, 2.45) is 5.41 Å². The summed E-state index contributed by atoms with van der Waals surface area (Å²) in [5, 5.41) is 14.6. The molecular formula is C13H26N4O. The molecule has 0 aromatic carbocycles. The Morgan fingerprint density at radius 3 is 2.61 bits per heavy atom. The van der Waals surface area contributed by atoms with Crippen molar-refractivity contribution in [1.29, 1.82) is 0 Å². The van der Waals surface area contributed by atoms with E-state index in [1.54, 1.807) is 0 Å². The number of anilines is 1. The van der Waals surface area contributed by atoms with Gasteiger partial charge in [0, 0.05) is 6.54 Å². The van der Waals surface area contributed by atoms with E-state index in [0.29, 0.717) is 11.9 Å². The fourth-order valence-electron chi connectivity index (χ4n) is 1.37. The third-order valence-corrected chi connectivity index (χ3v) is 3.19. The summed E-state index contributed by atoms with van der Waals surface area (Å²) in [4.78, 5) is 0. The standard InChI is InChI=1S/C13H26N4O/c1-6-8-14-10(3)11-16-17-12(18-11)15-9-13(4,5)7-2/h10,14H,6-9H2,1-5H3,(H,15,17). The van der Waals surface area contributed by atoms with Gasteiger partial charge >= 0.3 is 6.01 Å².